The van der Waals surface area contributed by atoms with Crippen LogP contribution in [0.25, 0.3) is 6.08 Å². The number of anilines is 1. The molecule has 23 heavy (non-hydrogen) atoms. The van der Waals surface area contributed by atoms with E-state index in [9.17, 15) is 9.59 Å². The Balaban J connectivity index is 1.74. The molecular formula is C18H18N2O2S. The molecule has 1 aromatic rings. The second kappa shape index (κ2) is 6.93. The van der Waals surface area contributed by atoms with E-state index in [2.05, 4.69) is 23.0 Å². The van der Waals surface area contributed by atoms with E-state index in [1.807, 2.05) is 12.1 Å². The SMILES string of the molecule is C#CCN1C(=O)S/C(=C\c2ccc(N3CCCCC3)cc2)C1=O. The highest BCUT2D eigenvalue weighted by atomic mass is 32.2. The molecule has 0 spiro atoms. The van der Waals surface area contributed by atoms with E-state index in [1.165, 1.54) is 24.9 Å². The Bertz CT molecular complexity index is 682. The van der Waals surface area contributed by atoms with E-state index in [0.717, 1.165) is 35.3 Å². The highest BCUT2D eigenvalue weighted by Gasteiger charge is 2.34. The number of carbonyl (C=O) groups is 2. The minimum absolute atomic E-state index is 0.0237. The second-order valence-corrected chi connectivity index (χ2v) is 6.60. The van der Waals surface area contributed by atoms with Crippen molar-refractivity contribution in [2.45, 2.75) is 19.3 Å². The van der Waals surface area contributed by atoms with Crippen LogP contribution in [0, 0.1) is 12.3 Å². The van der Waals surface area contributed by atoms with Gasteiger partial charge >= 0.3 is 0 Å². The fourth-order valence-corrected chi connectivity index (χ4v) is 3.65. The number of nitrogens with zero attached hydrogens (tertiary/aromatic N) is 2. The Morgan fingerprint density at radius 1 is 1.13 bits per heavy atom. The average Bonchev–Trinajstić information content (AvgIpc) is 2.84. The summed E-state index contributed by atoms with van der Waals surface area (Å²) in [5.41, 5.74) is 2.12. The minimum atomic E-state index is -0.307. The van der Waals surface area contributed by atoms with Gasteiger partial charge in [-0.25, -0.2) is 0 Å². The van der Waals surface area contributed by atoms with Gasteiger partial charge in [-0.3, -0.25) is 14.5 Å². The normalized spacial score (nSPS) is 20.2. The van der Waals surface area contributed by atoms with Gasteiger partial charge in [-0.15, -0.1) is 6.42 Å². The van der Waals surface area contributed by atoms with Crippen LogP contribution in [0.4, 0.5) is 10.5 Å². The zero-order valence-corrected chi connectivity index (χ0v) is 13.6. The maximum Gasteiger partial charge on any atom is 0.294 e. The fraction of sp³-hybridized carbons (Fsp3) is 0.333. The lowest BCUT2D eigenvalue weighted by molar-refractivity contribution is -0.122. The van der Waals surface area contributed by atoms with Crippen molar-refractivity contribution < 1.29 is 9.59 Å². The molecule has 0 aliphatic carbocycles. The van der Waals surface area contributed by atoms with E-state index in [-0.39, 0.29) is 17.7 Å². The third kappa shape index (κ3) is 3.43. The van der Waals surface area contributed by atoms with Crippen molar-refractivity contribution in [1.29, 1.82) is 0 Å². The Labute approximate surface area is 140 Å². The zero-order chi connectivity index (χ0) is 16.2. The summed E-state index contributed by atoms with van der Waals surface area (Å²) in [6.07, 6.45) is 10.7. The van der Waals surface area contributed by atoms with E-state index in [1.54, 1.807) is 6.08 Å². The smallest absolute Gasteiger partial charge is 0.294 e. The molecule has 2 saturated heterocycles. The first-order valence-corrected chi connectivity index (χ1v) is 8.54. The van der Waals surface area contributed by atoms with Crippen molar-refractivity contribution in [3.8, 4) is 12.3 Å². The van der Waals surface area contributed by atoms with Gasteiger partial charge in [0.05, 0.1) is 11.4 Å². The number of thioether (sulfide) groups is 1. The van der Waals surface area contributed by atoms with Crippen molar-refractivity contribution in [2.24, 2.45) is 0 Å². The second-order valence-electron chi connectivity index (χ2n) is 5.61. The molecule has 4 nitrogen and oxygen atoms in total. The van der Waals surface area contributed by atoms with Gasteiger partial charge in [-0.2, -0.15) is 0 Å². The third-order valence-electron chi connectivity index (χ3n) is 4.04. The number of hydrogen-bond acceptors (Lipinski definition) is 4. The summed E-state index contributed by atoms with van der Waals surface area (Å²) in [6.45, 7) is 2.23. The summed E-state index contributed by atoms with van der Waals surface area (Å²) < 4.78 is 0. The molecule has 0 aromatic heterocycles. The largest absolute Gasteiger partial charge is 0.372 e. The number of terminal acetylenes is 1. The van der Waals surface area contributed by atoms with Crippen molar-refractivity contribution in [3.05, 3.63) is 34.7 Å². The molecule has 1 aromatic carbocycles. The molecule has 2 amide bonds. The first-order chi connectivity index (χ1) is 11.2. The molecule has 5 heteroatoms. The summed E-state index contributed by atoms with van der Waals surface area (Å²) in [4.78, 5) is 27.8. The summed E-state index contributed by atoms with van der Waals surface area (Å²) in [5, 5.41) is -0.302. The first kappa shape index (κ1) is 15.7. The number of hydrogen-bond donors (Lipinski definition) is 0. The highest BCUT2D eigenvalue weighted by Crippen LogP contribution is 2.32. The van der Waals surface area contributed by atoms with Crippen LogP contribution in [0.2, 0.25) is 0 Å². The first-order valence-electron chi connectivity index (χ1n) is 7.73. The van der Waals surface area contributed by atoms with E-state index in [4.69, 9.17) is 6.42 Å². The van der Waals surface area contributed by atoms with Crippen LogP contribution < -0.4 is 4.90 Å². The van der Waals surface area contributed by atoms with Gasteiger partial charge in [0, 0.05) is 18.8 Å². The molecule has 0 radical (unpaired) electrons. The Morgan fingerprint density at radius 2 is 1.83 bits per heavy atom. The van der Waals surface area contributed by atoms with Gasteiger partial charge in [0.25, 0.3) is 11.1 Å². The van der Waals surface area contributed by atoms with Gasteiger partial charge in [0.2, 0.25) is 0 Å². The molecule has 0 saturated carbocycles. The molecule has 118 valence electrons. The monoisotopic (exact) mass is 326 g/mol. The summed E-state index contributed by atoms with van der Waals surface area (Å²) >= 11 is 0.941. The van der Waals surface area contributed by atoms with E-state index < -0.39 is 0 Å². The molecule has 3 rings (SSSR count). The maximum atomic E-state index is 12.1. The van der Waals surface area contributed by atoms with E-state index >= 15 is 0 Å². The van der Waals surface area contributed by atoms with Gasteiger partial charge in [0.1, 0.15) is 0 Å². The van der Waals surface area contributed by atoms with Crippen LogP contribution in [0.3, 0.4) is 0 Å². The molecule has 2 aliphatic heterocycles. The summed E-state index contributed by atoms with van der Waals surface area (Å²) in [5.74, 6) is 2.03. The van der Waals surface area contributed by atoms with Crippen LogP contribution in [0.15, 0.2) is 29.2 Å². The zero-order valence-electron chi connectivity index (χ0n) is 12.8. The van der Waals surface area contributed by atoms with Gasteiger partial charge in [-0.1, -0.05) is 18.1 Å². The Morgan fingerprint density at radius 3 is 2.48 bits per heavy atom. The van der Waals surface area contributed by atoms with Crippen molar-refractivity contribution in [1.82, 2.24) is 4.90 Å². The molecule has 0 N–H and O–H groups in total. The van der Waals surface area contributed by atoms with Gasteiger partial charge in [-0.05, 0) is 54.8 Å². The third-order valence-corrected chi connectivity index (χ3v) is 4.94. The van der Waals surface area contributed by atoms with Crippen molar-refractivity contribution >= 4 is 34.7 Å². The topological polar surface area (TPSA) is 40.6 Å². The quantitative estimate of drug-likeness (QED) is 0.631. The lowest BCUT2D eigenvalue weighted by Crippen LogP contribution is -2.29. The van der Waals surface area contributed by atoms with Crippen LogP contribution in [-0.2, 0) is 4.79 Å². The lowest BCUT2D eigenvalue weighted by Gasteiger charge is -2.28. The summed E-state index contributed by atoms with van der Waals surface area (Å²) in [6, 6.07) is 8.11. The van der Waals surface area contributed by atoms with Crippen LogP contribution in [-0.4, -0.2) is 35.7 Å². The minimum Gasteiger partial charge on any atom is -0.372 e. The molecule has 0 bridgehead atoms. The average molecular weight is 326 g/mol. The molecule has 2 aliphatic rings. The van der Waals surface area contributed by atoms with E-state index in [0.29, 0.717) is 4.91 Å². The molecule has 0 unspecified atom stereocenters. The predicted octanol–water partition coefficient (Wildman–Crippen LogP) is 3.35. The van der Waals surface area contributed by atoms with Gasteiger partial charge in [0.15, 0.2) is 0 Å². The number of imide groups is 1. The molecule has 0 atom stereocenters. The molecule has 2 fully saturated rings. The predicted molar refractivity (Wildman–Crippen MR) is 94.0 cm³/mol. The van der Waals surface area contributed by atoms with Crippen LogP contribution in [0.1, 0.15) is 24.8 Å². The molecule has 2 heterocycles. The van der Waals surface area contributed by atoms with Gasteiger partial charge < -0.3 is 4.90 Å². The van der Waals surface area contributed by atoms with Crippen LogP contribution in [0.5, 0.6) is 0 Å². The molecular weight excluding hydrogens is 308 g/mol. The van der Waals surface area contributed by atoms with Crippen LogP contribution >= 0.6 is 11.8 Å². The summed E-state index contributed by atoms with van der Waals surface area (Å²) in [7, 11) is 0. The lowest BCUT2D eigenvalue weighted by atomic mass is 10.1. The number of piperidine rings is 1. The Kier molecular flexibility index (Phi) is 4.73. The number of rotatable bonds is 3. The Hall–Kier alpha value is -2.19. The number of amides is 2. The highest BCUT2D eigenvalue weighted by molar-refractivity contribution is 8.18. The number of benzene rings is 1. The standard InChI is InChI=1S/C18H18N2O2S/c1-2-10-20-17(21)16(23-18(20)22)13-14-6-8-15(9-7-14)19-11-4-3-5-12-19/h1,6-9,13H,3-5,10-12H2/b16-13-. The fourth-order valence-electron chi connectivity index (χ4n) is 2.81. The maximum absolute atomic E-state index is 12.1. The van der Waals surface area contributed by atoms with Crippen molar-refractivity contribution in [2.75, 3.05) is 24.5 Å². The van der Waals surface area contributed by atoms with Crippen molar-refractivity contribution in [3.63, 3.8) is 0 Å². The number of carbonyl (C=O) groups excluding carboxylic acids is 2.